The zero-order valence-electron chi connectivity index (χ0n) is 11.6. The zero-order valence-corrected chi connectivity index (χ0v) is 13.8. The Kier molecular flexibility index (Phi) is 6.25. The number of carboxylic acids is 1. The topological polar surface area (TPSA) is 75.6 Å². The number of benzene rings is 1. The first kappa shape index (κ1) is 16.7. The van der Waals surface area contributed by atoms with Crippen LogP contribution < -0.4 is 10.1 Å². The van der Waals surface area contributed by atoms with Crippen LogP contribution in [-0.4, -0.2) is 30.1 Å². The molecule has 0 bridgehead atoms. The number of ether oxygens (including phenoxy) is 1. The number of hydrogen-bond acceptors (Lipinski definition) is 3. The predicted molar refractivity (Wildman–Crippen MR) is 83.8 cm³/mol. The van der Waals surface area contributed by atoms with Crippen molar-refractivity contribution in [2.45, 2.75) is 26.3 Å². The molecule has 1 atom stereocenters. The van der Waals surface area contributed by atoms with Crippen LogP contribution in [0.25, 0.3) is 0 Å². The summed E-state index contributed by atoms with van der Waals surface area (Å²) >= 11 is 2.15. The smallest absolute Gasteiger partial charge is 0.326 e. The minimum atomic E-state index is -1.03. The first-order valence-electron chi connectivity index (χ1n) is 6.19. The van der Waals surface area contributed by atoms with Crippen molar-refractivity contribution in [2.24, 2.45) is 5.92 Å². The van der Waals surface area contributed by atoms with Gasteiger partial charge in [-0.25, -0.2) is 4.79 Å². The number of carbonyl (C=O) groups excluding carboxylic acids is 1. The van der Waals surface area contributed by atoms with E-state index in [0.29, 0.717) is 5.75 Å². The highest BCUT2D eigenvalue weighted by Crippen LogP contribution is 2.21. The highest BCUT2D eigenvalue weighted by Gasteiger charge is 2.23. The largest absolute Gasteiger partial charge is 0.496 e. The molecule has 0 heterocycles. The number of methoxy groups -OCH3 is 1. The Morgan fingerprint density at radius 1 is 1.40 bits per heavy atom. The molecule has 6 heteroatoms. The van der Waals surface area contributed by atoms with Crippen LogP contribution in [0.1, 0.15) is 19.4 Å². The Balaban J connectivity index is 2.80. The van der Waals surface area contributed by atoms with Gasteiger partial charge in [0, 0.05) is 9.13 Å². The molecule has 1 aromatic carbocycles. The van der Waals surface area contributed by atoms with Crippen molar-refractivity contribution in [3.8, 4) is 5.75 Å². The van der Waals surface area contributed by atoms with Gasteiger partial charge >= 0.3 is 5.97 Å². The summed E-state index contributed by atoms with van der Waals surface area (Å²) in [6, 6.07) is 4.65. The van der Waals surface area contributed by atoms with Crippen molar-refractivity contribution >= 4 is 34.5 Å². The fraction of sp³-hybridized carbons (Fsp3) is 0.429. The highest BCUT2D eigenvalue weighted by molar-refractivity contribution is 14.1. The number of hydrogen-bond donors (Lipinski definition) is 2. The van der Waals surface area contributed by atoms with E-state index in [9.17, 15) is 9.59 Å². The van der Waals surface area contributed by atoms with Gasteiger partial charge in [0.1, 0.15) is 11.8 Å². The van der Waals surface area contributed by atoms with Crippen LogP contribution >= 0.6 is 22.6 Å². The normalized spacial score (nSPS) is 12.1. The van der Waals surface area contributed by atoms with Crippen LogP contribution in [0.15, 0.2) is 18.2 Å². The van der Waals surface area contributed by atoms with Gasteiger partial charge in [-0.2, -0.15) is 0 Å². The molecule has 0 saturated heterocycles. The molecule has 0 aliphatic rings. The maximum absolute atomic E-state index is 12.0. The summed E-state index contributed by atoms with van der Waals surface area (Å²) in [7, 11) is 1.54. The van der Waals surface area contributed by atoms with Gasteiger partial charge in [0.15, 0.2) is 0 Å². The molecule has 5 nitrogen and oxygen atoms in total. The van der Waals surface area contributed by atoms with Crippen molar-refractivity contribution in [2.75, 3.05) is 7.11 Å². The average molecular weight is 391 g/mol. The van der Waals surface area contributed by atoms with Crippen LogP contribution in [0.5, 0.6) is 5.75 Å². The Labute approximate surface area is 131 Å². The summed E-state index contributed by atoms with van der Waals surface area (Å²) < 4.78 is 6.19. The lowest BCUT2D eigenvalue weighted by Gasteiger charge is -2.18. The third-order valence-electron chi connectivity index (χ3n) is 2.84. The van der Waals surface area contributed by atoms with Gasteiger partial charge in [0.05, 0.1) is 13.5 Å². The molecule has 1 aromatic rings. The monoisotopic (exact) mass is 391 g/mol. The minimum Gasteiger partial charge on any atom is -0.496 e. The van der Waals surface area contributed by atoms with Gasteiger partial charge in [-0.3, -0.25) is 4.79 Å². The second-order valence-corrected chi connectivity index (χ2v) is 6.01. The molecule has 1 amide bonds. The number of halogens is 1. The van der Waals surface area contributed by atoms with Gasteiger partial charge in [-0.15, -0.1) is 0 Å². The van der Waals surface area contributed by atoms with Crippen LogP contribution in [0.3, 0.4) is 0 Å². The lowest BCUT2D eigenvalue weighted by molar-refractivity contribution is -0.143. The average Bonchev–Trinajstić information content (AvgIpc) is 2.35. The molecular weight excluding hydrogens is 373 g/mol. The third-order valence-corrected chi connectivity index (χ3v) is 3.51. The summed E-state index contributed by atoms with van der Waals surface area (Å²) in [4.78, 5) is 23.0. The molecule has 0 spiro atoms. The SMILES string of the molecule is COc1ccc(I)cc1CC(=O)N[C@H](C(=O)O)C(C)C. The lowest BCUT2D eigenvalue weighted by atomic mass is 10.0. The van der Waals surface area contributed by atoms with E-state index in [-0.39, 0.29) is 18.2 Å². The summed E-state index contributed by atoms with van der Waals surface area (Å²) in [6.07, 6.45) is 0.0938. The van der Waals surface area contributed by atoms with E-state index in [4.69, 9.17) is 9.84 Å². The highest BCUT2D eigenvalue weighted by atomic mass is 127. The molecule has 0 unspecified atom stereocenters. The van der Waals surface area contributed by atoms with Gasteiger partial charge in [0.2, 0.25) is 5.91 Å². The molecule has 0 aliphatic heterocycles. The van der Waals surface area contributed by atoms with E-state index in [0.717, 1.165) is 9.13 Å². The number of carboxylic acid groups (broad SMARTS) is 1. The fourth-order valence-corrected chi connectivity index (χ4v) is 2.35. The quantitative estimate of drug-likeness (QED) is 0.729. The molecule has 0 saturated carbocycles. The second kappa shape index (κ2) is 7.47. The van der Waals surface area contributed by atoms with Crippen LogP contribution in [0.4, 0.5) is 0 Å². The Hall–Kier alpha value is -1.31. The molecule has 2 N–H and O–H groups in total. The van der Waals surface area contributed by atoms with Crippen LogP contribution in [-0.2, 0) is 16.0 Å². The lowest BCUT2D eigenvalue weighted by Crippen LogP contribution is -2.44. The molecule has 20 heavy (non-hydrogen) atoms. The van der Waals surface area contributed by atoms with Crippen LogP contribution in [0.2, 0.25) is 0 Å². The van der Waals surface area contributed by atoms with Crippen molar-refractivity contribution in [1.82, 2.24) is 5.32 Å². The van der Waals surface area contributed by atoms with E-state index in [1.54, 1.807) is 19.9 Å². The van der Waals surface area contributed by atoms with Gasteiger partial charge < -0.3 is 15.2 Å². The van der Waals surface area contributed by atoms with E-state index in [1.165, 1.54) is 7.11 Å². The summed E-state index contributed by atoms with van der Waals surface area (Å²) in [5, 5.41) is 11.6. The van der Waals surface area contributed by atoms with E-state index < -0.39 is 12.0 Å². The maximum Gasteiger partial charge on any atom is 0.326 e. The molecular formula is C14H18INO4. The summed E-state index contributed by atoms with van der Waals surface area (Å²) in [6.45, 7) is 3.51. The maximum atomic E-state index is 12.0. The number of rotatable bonds is 6. The third kappa shape index (κ3) is 4.66. The zero-order chi connectivity index (χ0) is 15.3. The molecule has 110 valence electrons. The van der Waals surface area contributed by atoms with Crippen molar-refractivity contribution in [3.63, 3.8) is 0 Å². The summed E-state index contributed by atoms with van der Waals surface area (Å²) in [5.41, 5.74) is 0.741. The first-order chi connectivity index (χ1) is 9.35. The number of aliphatic carboxylic acids is 1. The summed E-state index contributed by atoms with van der Waals surface area (Å²) in [5.74, 6) is -0.902. The molecule has 0 radical (unpaired) electrons. The standard InChI is InChI=1S/C14H18INO4/c1-8(2)13(14(18)19)16-12(17)7-9-6-10(15)4-5-11(9)20-3/h4-6,8,13H,7H2,1-3H3,(H,16,17)(H,18,19)/t13-/m0/s1. The Bertz CT molecular complexity index is 502. The number of amides is 1. The predicted octanol–water partition coefficient (Wildman–Crippen LogP) is 2.07. The van der Waals surface area contributed by atoms with Gasteiger partial charge in [0.25, 0.3) is 0 Å². The van der Waals surface area contributed by atoms with Gasteiger partial charge in [-0.1, -0.05) is 13.8 Å². The second-order valence-electron chi connectivity index (χ2n) is 4.76. The van der Waals surface area contributed by atoms with E-state index >= 15 is 0 Å². The molecule has 1 rings (SSSR count). The molecule has 0 aromatic heterocycles. The Morgan fingerprint density at radius 3 is 2.55 bits per heavy atom. The number of carbonyl (C=O) groups is 2. The Morgan fingerprint density at radius 2 is 2.05 bits per heavy atom. The molecule has 0 aliphatic carbocycles. The first-order valence-corrected chi connectivity index (χ1v) is 7.27. The van der Waals surface area contributed by atoms with Crippen molar-refractivity contribution in [3.05, 3.63) is 27.3 Å². The fourth-order valence-electron chi connectivity index (χ4n) is 1.80. The number of nitrogens with one attached hydrogen (secondary N) is 1. The van der Waals surface area contributed by atoms with Gasteiger partial charge in [-0.05, 0) is 46.7 Å². The van der Waals surface area contributed by atoms with E-state index in [2.05, 4.69) is 27.9 Å². The van der Waals surface area contributed by atoms with Crippen molar-refractivity contribution < 1.29 is 19.4 Å². The van der Waals surface area contributed by atoms with E-state index in [1.807, 2.05) is 12.1 Å². The van der Waals surface area contributed by atoms with Crippen LogP contribution in [0, 0.1) is 9.49 Å². The minimum absolute atomic E-state index is 0.0938. The van der Waals surface area contributed by atoms with Crippen molar-refractivity contribution in [1.29, 1.82) is 0 Å². The molecule has 0 fully saturated rings.